The van der Waals surface area contributed by atoms with E-state index >= 15 is 0 Å². The van der Waals surface area contributed by atoms with Crippen molar-refractivity contribution in [2.75, 3.05) is 0 Å². The van der Waals surface area contributed by atoms with E-state index in [1.807, 2.05) is 12.1 Å². The molecule has 0 spiro atoms. The minimum absolute atomic E-state index is 0.180. The van der Waals surface area contributed by atoms with Crippen molar-refractivity contribution in [1.29, 1.82) is 0 Å². The summed E-state index contributed by atoms with van der Waals surface area (Å²) in [6, 6.07) is 4.03. The minimum atomic E-state index is -0.455. The molecule has 0 N–H and O–H groups in total. The van der Waals surface area contributed by atoms with E-state index in [1.54, 1.807) is 0 Å². The summed E-state index contributed by atoms with van der Waals surface area (Å²) < 4.78 is 34.2. The number of nitrogens with zero attached hydrogens (tertiary/aromatic N) is 2. The molecule has 0 saturated carbocycles. The molecule has 2 aliphatic heterocycles. The van der Waals surface area contributed by atoms with Crippen molar-refractivity contribution in [1.82, 2.24) is 7.96 Å². The van der Waals surface area contributed by atoms with Crippen molar-refractivity contribution >= 4 is 51.2 Å². The van der Waals surface area contributed by atoms with Gasteiger partial charge in [-0.15, -0.1) is 0 Å². The molecule has 3 heterocycles. The van der Waals surface area contributed by atoms with Gasteiger partial charge in [-0.05, 0) is 0 Å². The Labute approximate surface area is 167 Å². The van der Waals surface area contributed by atoms with Crippen LogP contribution in [0.1, 0.15) is 55.4 Å². The van der Waals surface area contributed by atoms with Gasteiger partial charge in [0, 0.05) is 0 Å². The Kier molecular flexibility index (Phi) is 4.29. The molecule has 2 aromatic rings. The second-order valence-electron chi connectivity index (χ2n) is 9.38. The third-order valence-electron chi connectivity index (χ3n) is 6.49. The molecule has 144 valence electrons. The monoisotopic (exact) mass is 436 g/mol. The van der Waals surface area contributed by atoms with E-state index in [0.29, 0.717) is 0 Å². The molecule has 1 aromatic carbocycles. The quantitative estimate of drug-likeness (QED) is 0.663. The van der Waals surface area contributed by atoms with E-state index < -0.39 is 36.6 Å². The van der Waals surface area contributed by atoms with Gasteiger partial charge in [-0.2, -0.15) is 0 Å². The third kappa shape index (κ3) is 2.95. The number of aromatic nitrogens is 2. The molecule has 0 amide bonds. The van der Waals surface area contributed by atoms with Crippen molar-refractivity contribution in [2.45, 2.75) is 77.8 Å². The van der Waals surface area contributed by atoms with Crippen LogP contribution in [0.15, 0.2) is 12.1 Å². The van der Waals surface area contributed by atoms with Gasteiger partial charge in [0.2, 0.25) is 0 Å². The van der Waals surface area contributed by atoms with Crippen molar-refractivity contribution in [3.8, 4) is 0 Å². The second-order valence-corrected chi connectivity index (χ2v) is 10.5. The van der Waals surface area contributed by atoms with Gasteiger partial charge in [-0.25, -0.2) is 0 Å². The first-order valence-electron chi connectivity index (χ1n) is 9.31. The molecule has 1 aromatic heterocycles. The molecular formula is C18H26B2N2O4Se. The van der Waals surface area contributed by atoms with Gasteiger partial charge in [0.15, 0.2) is 0 Å². The molecular weight excluding hydrogens is 409 g/mol. The predicted molar refractivity (Wildman–Crippen MR) is 108 cm³/mol. The molecule has 2 fully saturated rings. The summed E-state index contributed by atoms with van der Waals surface area (Å²) in [5.74, 6) is 0. The zero-order chi connectivity index (χ0) is 19.8. The van der Waals surface area contributed by atoms with E-state index in [2.05, 4.69) is 63.3 Å². The van der Waals surface area contributed by atoms with Gasteiger partial charge in [0.05, 0.1) is 0 Å². The molecule has 27 heavy (non-hydrogen) atoms. The maximum atomic E-state index is 6.23. The van der Waals surface area contributed by atoms with Crippen LogP contribution in [0.3, 0.4) is 0 Å². The standard InChI is InChI=1S/C18H26B2N2O4Se/c1-15(2)16(3,4)24-19(23-15)11-9-10-12(14-13(11)21-27-22-14)20-25-17(5,6)18(7,8)26-20/h9-10H,1-8H3. The van der Waals surface area contributed by atoms with Gasteiger partial charge >= 0.3 is 168 Å². The summed E-state index contributed by atoms with van der Waals surface area (Å²) >= 11 is -0.180. The summed E-state index contributed by atoms with van der Waals surface area (Å²) in [5.41, 5.74) is 1.97. The summed E-state index contributed by atoms with van der Waals surface area (Å²) in [6.45, 7) is 16.4. The molecule has 4 rings (SSSR count). The zero-order valence-corrected chi connectivity index (χ0v) is 19.0. The Morgan fingerprint density at radius 1 is 0.630 bits per heavy atom. The summed E-state index contributed by atoms with van der Waals surface area (Å²) in [7, 11) is -0.909. The summed E-state index contributed by atoms with van der Waals surface area (Å²) in [6.07, 6.45) is 0. The maximum absolute atomic E-state index is 6.23. The van der Waals surface area contributed by atoms with E-state index in [9.17, 15) is 0 Å². The van der Waals surface area contributed by atoms with E-state index in [0.717, 1.165) is 22.0 Å². The number of hydrogen-bond acceptors (Lipinski definition) is 6. The fourth-order valence-corrected chi connectivity index (χ4v) is 4.46. The first-order chi connectivity index (χ1) is 12.3. The van der Waals surface area contributed by atoms with Crippen LogP contribution in [0.2, 0.25) is 0 Å². The van der Waals surface area contributed by atoms with Crippen molar-refractivity contribution in [3.63, 3.8) is 0 Å². The van der Waals surface area contributed by atoms with Crippen LogP contribution in [0.25, 0.3) is 11.0 Å². The molecule has 0 bridgehead atoms. The Balaban J connectivity index is 1.73. The SMILES string of the molecule is CC1(C)OB(c2ccc(B3OC(C)(C)C(C)(C)O3)c3n[se]nc23)OC1(C)C. The zero-order valence-electron chi connectivity index (χ0n) is 17.2. The van der Waals surface area contributed by atoms with Crippen LogP contribution in [0, 0.1) is 0 Å². The van der Waals surface area contributed by atoms with Gasteiger partial charge in [-0.3, -0.25) is 0 Å². The Morgan fingerprint density at radius 2 is 0.926 bits per heavy atom. The number of rotatable bonds is 2. The second kappa shape index (κ2) is 5.91. The van der Waals surface area contributed by atoms with Crippen LogP contribution in [0.4, 0.5) is 0 Å². The molecule has 0 atom stereocenters. The average Bonchev–Trinajstić information content (AvgIpc) is 3.13. The number of fused-ring (bicyclic) bond motifs is 1. The van der Waals surface area contributed by atoms with E-state index in [-0.39, 0.29) is 15.0 Å². The number of hydrogen-bond donors (Lipinski definition) is 0. The Bertz CT molecular complexity index is 795. The third-order valence-corrected chi connectivity index (χ3v) is 7.60. The molecule has 2 aliphatic rings. The van der Waals surface area contributed by atoms with Gasteiger partial charge < -0.3 is 0 Å². The summed E-state index contributed by atoms with van der Waals surface area (Å²) in [4.78, 5) is 0. The fraction of sp³-hybridized carbons (Fsp3) is 0.667. The van der Waals surface area contributed by atoms with Gasteiger partial charge in [0.25, 0.3) is 0 Å². The van der Waals surface area contributed by atoms with E-state index in [1.165, 1.54) is 0 Å². The first kappa shape index (κ1) is 19.6. The fourth-order valence-electron chi connectivity index (χ4n) is 3.23. The van der Waals surface area contributed by atoms with Crippen LogP contribution in [-0.4, -0.2) is 59.6 Å². The Hall–Kier alpha value is -0.691. The number of benzene rings is 1. The van der Waals surface area contributed by atoms with Crippen LogP contribution < -0.4 is 10.9 Å². The average molecular weight is 435 g/mol. The van der Waals surface area contributed by atoms with Gasteiger partial charge in [0.1, 0.15) is 0 Å². The molecule has 0 unspecified atom stereocenters. The van der Waals surface area contributed by atoms with E-state index in [4.69, 9.17) is 18.6 Å². The first-order valence-corrected chi connectivity index (χ1v) is 10.8. The molecule has 2 saturated heterocycles. The van der Waals surface area contributed by atoms with Crippen molar-refractivity contribution in [2.24, 2.45) is 0 Å². The van der Waals surface area contributed by atoms with Crippen molar-refractivity contribution < 1.29 is 18.6 Å². The molecule has 0 radical (unpaired) electrons. The van der Waals surface area contributed by atoms with Crippen molar-refractivity contribution in [3.05, 3.63) is 12.1 Å². The van der Waals surface area contributed by atoms with Gasteiger partial charge in [-0.1, -0.05) is 0 Å². The predicted octanol–water partition coefficient (Wildman–Crippen LogP) is 1.29. The van der Waals surface area contributed by atoms with Crippen LogP contribution in [0.5, 0.6) is 0 Å². The molecule has 9 heteroatoms. The molecule has 6 nitrogen and oxygen atoms in total. The summed E-state index contributed by atoms with van der Waals surface area (Å²) in [5, 5.41) is 0. The topological polar surface area (TPSA) is 62.7 Å². The molecule has 0 aliphatic carbocycles. The Morgan fingerprint density at radius 3 is 1.22 bits per heavy atom. The van der Waals surface area contributed by atoms with Crippen LogP contribution >= 0.6 is 0 Å². The normalized spacial score (nSPS) is 25.5. The van der Waals surface area contributed by atoms with Crippen LogP contribution in [-0.2, 0) is 18.6 Å².